The molecule has 2 fully saturated rings. The van der Waals surface area contributed by atoms with E-state index in [0.717, 1.165) is 12.1 Å². The quantitative estimate of drug-likeness (QED) is 0.686. The Balaban J connectivity index is 1.84. The van der Waals surface area contributed by atoms with Crippen LogP contribution >= 0.6 is 11.8 Å². The predicted octanol–water partition coefficient (Wildman–Crippen LogP) is 0.786. The van der Waals surface area contributed by atoms with E-state index in [-0.39, 0.29) is 0 Å². The van der Waals surface area contributed by atoms with E-state index in [9.17, 15) is 0 Å². The lowest BCUT2D eigenvalue weighted by molar-refractivity contribution is 0.199. The standard InChI is InChI=1S/C9H18N2S/c1-11(8-2-4-10-6-8)9-3-5-12-7-9/h8-10H,2-7H2,1H3. The topological polar surface area (TPSA) is 15.3 Å². The fraction of sp³-hybridized carbons (Fsp3) is 1.00. The maximum Gasteiger partial charge on any atom is 0.0232 e. The Morgan fingerprint density at radius 2 is 2.25 bits per heavy atom. The molecule has 0 amide bonds. The molecule has 2 heterocycles. The van der Waals surface area contributed by atoms with Crippen molar-refractivity contribution in [1.29, 1.82) is 0 Å². The molecule has 0 bridgehead atoms. The second kappa shape index (κ2) is 3.99. The van der Waals surface area contributed by atoms with Crippen molar-refractivity contribution >= 4 is 11.8 Å². The highest BCUT2D eigenvalue weighted by Gasteiger charge is 2.27. The van der Waals surface area contributed by atoms with Gasteiger partial charge in [-0.15, -0.1) is 0 Å². The van der Waals surface area contributed by atoms with E-state index in [4.69, 9.17) is 0 Å². The zero-order valence-electron chi connectivity index (χ0n) is 7.75. The first-order chi connectivity index (χ1) is 5.88. The summed E-state index contributed by atoms with van der Waals surface area (Å²) in [5.74, 6) is 2.72. The van der Waals surface area contributed by atoms with Gasteiger partial charge in [0.25, 0.3) is 0 Å². The average Bonchev–Trinajstić information content (AvgIpc) is 2.77. The van der Waals surface area contributed by atoms with E-state index in [1.165, 1.54) is 37.4 Å². The van der Waals surface area contributed by atoms with Crippen molar-refractivity contribution in [2.75, 3.05) is 31.6 Å². The molecule has 2 saturated heterocycles. The first-order valence-corrected chi connectivity index (χ1v) is 6.04. The Hall–Kier alpha value is 0.270. The van der Waals surface area contributed by atoms with Crippen molar-refractivity contribution in [3.8, 4) is 0 Å². The van der Waals surface area contributed by atoms with Crippen LogP contribution in [0.3, 0.4) is 0 Å². The molecule has 0 aromatic carbocycles. The minimum atomic E-state index is 0.814. The van der Waals surface area contributed by atoms with E-state index >= 15 is 0 Å². The summed E-state index contributed by atoms with van der Waals surface area (Å²) in [5.41, 5.74) is 0. The number of nitrogens with zero attached hydrogens (tertiary/aromatic N) is 1. The fourth-order valence-corrected chi connectivity index (χ4v) is 3.41. The number of thioether (sulfide) groups is 1. The lowest BCUT2D eigenvalue weighted by Gasteiger charge is -2.29. The molecule has 0 saturated carbocycles. The average molecular weight is 186 g/mol. The predicted molar refractivity (Wildman–Crippen MR) is 54.8 cm³/mol. The van der Waals surface area contributed by atoms with Gasteiger partial charge in [0.15, 0.2) is 0 Å². The van der Waals surface area contributed by atoms with Crippen molar-refractivity contribution < 1.29 is 0 Å². The summed E-state index contributed by atoms with van der Waals surface area (Å²) in [4.78, 5) is 2.60. The first-order valence-electron chi connectivity index (χ1n) is 4.88. The van der Waals surface area contributed by atoms with Crippen molar-refractivity contribution in [3.05, 3.63) is 0 Å². The third-order valence-electron chi connectivity index (χ3n) is 3.09. The summed E-state index contributed by atoms with van der Waals surface area (Å²) in [7, 11) is 2.30. The summed E-state index contributed by atoms with van der Waals surface area (Å²) < 4.78 is 0. The van der Waals surface area contributed by atoms with Gasteiger partial charge >= 0.3 is 0 Å². The molecule has 2 atom stereocenters. The van der Waals surface area contributed by atoms with Gasteiger partial charge in [-0.3, -0.25) is 4.90 Å². The van der Waals surface area contributed by atoms with Gasteiger partial charge in [0.05, 0.1) is 0 Å². The van der Waals surface area contributed by atoms with E-state index < -0.39 is 0 Å². The van der Waals surface area contributed by atoms with E-state index in [1.807, 2.05) is 0 Å². The SMILES string of the molecule is CN(C1CCNC1)C1CCSC1. The molecule has 2 rings (SSSR count). The van der Waals surface area contributed by atoms with Crippen LogP contribution < -0.4 is 5.32 Å². The van der Waals surface area contributed by atoms with E-state index in [0.29, 0.717) is 0 Å². The minimum Gasteiger partial charge on any atom is -0.315 e. The van der Waals surface area contributed by atoms with Crippen LogP contribution in [0.5, 0.6) is 0 Å². The van der Waals surface area contributed by atoms with Crippen molar-refractivity contribution in [3.63, 3.8) is 0 Å². The zero-order valence-corrected chi connectivity index (χ0v) is 8.57. The molecule has 3 heteroatoms. The number of rotatable bonds is 2. The molecule has 0 aromatic rings. The van der Waals surface area contributed by atoms with Gasteiger partial charge in [-0.2, -0.15) is 11.8 Å². The summed E-state index contributed by atoms with van der Waals surface area (Å²) in [6, 6.07) is 1.67. The molecule has 0 aromatic heterocycles. The smallest absolute Gasteiger partial charge is 0.0232 e. The van der Waals surface area contributed by atoms with Gasteiger partial charge in [0.1, 0.15) is 0 Å². The molecule has 1 N–H and O–H groups in total. The molecule has 12 heavy (non-hydrogen) atoms. The van der Waals surface area contributed by atoms with Crippen LogP contribution in [0, 0.1) is 0 Å². The highest BCUT2D eigenvalue weighted by atomic mass is 32.2. The van der Waals surface area contributed by atoms with Crippen LogP contribution in [0.1, 0.15) is 12.8 Å². The van der Waals surface area contributed by atoms with Crippen molar-refractivity contribution in [1.82, 2.24) is 10.2 Å². The summed E-state index contributed by atoms with van der Waals surface area (Å²) >= 11 is 2.11. The maximum absolute atomic E-state index is 3.43. The Labute approximate surface area is 79.1 Å². The lowest BCUT2D eigenvalue weighted by Crippen LogP contribution is -2.41. The largest absolute Gasteiger partial charge is 0.315 e. The number of hydrogen-bond donors (Lipinski definition) is 1. The number of hydrogen-bond acceptors (Lipinski definition) is 3. The van der Waals surface area contributed by atoms with Gasteiger partial charge in [-0.1, -0.05) is 0 Å². The zero-order chi connectivity index (χ0) is 8.39. The van der Waals surface area contributed by atoms with Gasteiger partial charge in [-0.25, -0.2) is 0 Å². The highest BCUT2D eigenvalue weighted by Crippen LogP contribution is 2.23. The summed E-state index contributed by atoms with van der Waals surface area (Å²) in [5, 5.41) is 3.43. The molecule has 0 spiro atoms. The Kier molecular flexibility index (Phi) is 2.94. The number of likely N-dealkylation sites (N-methyl/N-ethyl adjacent to an activating group) is 1. The molecule has 2 unspecified atom stereocenters. The van der Waals surface area contributed by atoms with Gasteiger partial charge < -0.3 is 5.32 Å². The van der Waals surface area contributed by atoms with Gasteiger partial charge in [-0.05, 0) is 32.2 Å². The molecular weight excluding hydrogens is 168 g/mol. The lowest BCUT2D eigenvalue weighted by atomic mass is 10.1. The second-order valence-corrected chi connectivity index (χ2v) is 4.98. The molecular formula is C9H18N2S. The Morgan fingerprint density at radius 1 is 1.33 bits per heavy atom. The Morgan fingerprint density at radius 3 is 2.83 bits per heavy atom. The Bertz CT molecular complexity index is 123. The molecule has 70 valence electrons. The summed E-state index contributed by atoms with van der Waals surface area (Å²) in [6.07, 6.45) is 2.75. The molecule has 0 radical (unpaired) electrons. The van der Waals surface area contributed by atoms with Crippen LogP contribution in [0.2, 0.25) is 0 Å². The maximum atomic E-state index is 3.43. The van der Waals surface area contributed by atoms with Crippen LogP contribution in [0.15, 0.2) is 0 Å². The van der Waals surface area contributed by atoms with E-state index in [2.05, 4.69) is 29.0 Å². The van der Waals surface area contributed by atoms with Crippen LogP contribution in [0.4, 0.5) is 0 Å². The van der Waals surface area contributed by atoms with Crippen molar-refractivity contribution in [2.24, 2.45) is 0 Å². The third-order valence-corrected chi connectivity index (χ3v) is 4.24. The molecule has 2 aliphatic heterocycles. The monoisotopic (exact) mass is 186 g/mol. The summed E-state index contributed by atoms with van der Waals surface area (Å²) in [6.45, 7) is 2.42. The highest BCUT2D eigenvalue weighted by molar-refractivity contribution is 7.99. The van der Waals surface area contributed by atoms with Crippen LogP contribution in [-0.4, -0.2) is 48.6 Å². The minimum absolute atomic E-state index is 0.814. The van der Waals surface area contributed by atoms with Gasteiger partial charge in [0, 0.05) is 24.4 Å². The molecule has 2 aliphatic rings. The third kappa shape index (κ3) is 1.78. The fourth-order valence-electron chi connectivity index (χ4n) is 2.13. The van der Waals surface area contributed by atoms with Crippen molar-refractivity contribution in [2.45, 2.75) is 24.9 Å². The van der Waals surface area contributed by atoms with E-state index in [1.54, 1.807) is 0 Å². The molecule has 0 aliphatic carbocycles. The normalized spacial score (nSPS) is 36.5. The number of nitrogens with one attached hydrogen (secondary N) is 1. The van der Waals surface area contributed by atoms with Crippen LogP contribution in [0.25, 0.3) is 0 Å². The second-order valence-electron chi connectivity index (χ2n) is 3.83. The first kappa shape index (κ1) is 8.85. The van der Waals surface area contributed by atoms with Crippen LogP contribution in [-0.2, 0) is 0 Å². The molecule has 2 nitrogen and oxygen atoms in total. The van der Waals surface area contributed by atoms with Gasteiger partial charge in [0.2, 0.25) is 0 Å².